The highest BCUT2D eigenvalue weighted by atomic mass is 35.5. The third kappa shape index (κ3) is 4.98. The Morgan fingerprint density at radius 2 is 2.13 bits per heavy atom. The van der Waals surface area contributed by atoms with Gasteiger partial charge >= 0.3 is 0 Å². The van der Waals surface area contributed by atoms with Crippen LogP contribution < -0.4 is 15.8 Å². The average Bonchev–Trinajstić information content (AvgIpc) is 2.56. The van der Waals surface area contributed by atoms with Crippen LogP contribution in [-0.4, -0.2) is 39.3 Å². The van der Waals surface area contributed by atoms with Gasteiger partial charge in [-0.2, -0.15) is 0 Å². The van der Waals surface area contributed by atoms with E-state index in [0.29, 0.717) is 50.6 Å². The summed E-state index contributed by atoms with van der Waals surface area (Å²) in [4.78, 5) is 12.4. The van der Waals surface area contributed by atoms with Crippen molar-refractivity contribution >= 4 is 29.9 Å². The van der Waals surface area contributed by atoms with Crippen molar-refractivity contribution < 1.29 is 14.3 Å². The Hall–Kier alpha value is -1.01. The monoisotopic (exact) mass is 362 g/mol. The molecule has 0 atom stereocenters. The minimum absolute atomic E-state index is 0. The van der Waals surface area contributed by atoms with Gasteiger partial charge in [-0.15, -0.1) is 12.4 Å². The Kier molecular flexibility index (Phi) is 8.12. The Morgan fingerprint density at radius 3 is 2.70 bits per heavy atom. The Labute approximate surface area is 148 Å². The number of nitrogens with one attached hydrogen (secondary N) is 1. The van der Waals surface area contributed by atoms with Crippen molar-refractivity contribution in [3.05, 3.63) is 28.8 Å². The van der Waals surface area contributed by atoms with E-state index >= 15 is 0 Å². The number of amides is 1. The first kappa shape index (κ1) is 20.0. The van der Waals surface area contributed by atoms with E-state index in [0.717, 1.165) is 11.3 Å². The van der Waals surface area contributed by atoms with Crippen molar-refractivity contribution in [1.29, 1.82) is 0 Å². The quantitative estimate of drug-likeness (QED) is 0.813. The third-order valence-corrected chi connectivity index (χ3v) is 4.61. The molecule has 1 fully saturated rings. The number of carbonyl (C=O) groups is 1. The molecule has 3 N–H and O–H groups in total. The number of hydrogen-bond donors (Lipinski definition) is 2. The van der Waals surface area contributed by atoms with Crippen LogP contribution in [0.3, 0.4) is 0 Å². The summed E-state index contributed by atoms with van der Waals surface area (Å²) in [6.45, 7) is 2.07. The van der Waals surface area contributed by atoms with Gasteiger partial charge in [-0.3, -0.25) is 4.79 Å². The van der Waals surface area contributed by atoms with Gasteiger partial charge < -0.3 is 20.5 Å². The van der Waals surface area contributed by atoms with Gasteiger partial charge in [0.1, 0.15) is 5.75 Å². The van der Waals surface area contributed by atoms with E-state index in [1.54, 1.807) is 13.2 Å². The van der Waals surface area contributed by atoms with Crippen molar-refractivity contribution in [1.82, 2.24) is 5.32 Å². The zero-order valence-electron chi connectivity index (χ0n) is 13.3. The summed E-state index contributed by atoms with van der Waals surface area (Å²) < 4.78 is 10.4. The van der Waals surface area contributed by atoms with Gasteiger partial charge in [0.2, 0.25) is 5.91 Å². The third-order valence-electron chi connectivity index (χ3n) is 4.26. The fourth-order valence-corrected chi connectivity index (χ4v) is 2.91. The Morgan fingerprint density at radius 1 is 1.43 bits per heavy atom. The maximum Gasteiger partial charge on any atom is 0.227 e. The van der Waals surface area contributed by atoms with Crippen LogP contribution in [0.4, 0.5) is 0 Å². The summed E-state index contributed by atoms with van der Waals surface area (Å²) in [6, 6.07) is 5.56. The van der Waals surface area contributed by atoms with Crippen LogP contribution in [-0.2, 0) is 16.0 Å². The normalized spacial score (nSPS) is 16.3. The highest BCUT2D eigenvalue weighted by molar-refractivity contribution is 6.31. The highest BCUT2D eigenvalue weighted by Crippen LogP contribution is 2.29. The minimum Gasteiger partial charge on any atom is -0.497 e. The lowest BCUT2D eigenvalue weighted by Crippen LogP contribution is -2.49. The first-order valence-corrected chi connectivity index (χ1v) is 7.87. The van der Waals surface area contributed by atoms with Crippen molar-refractivity contribution in [3.63, 3.8) is 0 Å². The predicted octanol–water partition coefficient (Wildman–Crippen LogP) is 2.18. The lowest BCUT2D eigenvalue weighted by molar-refractivity contribution is -0.135. The second-order valence-electron chi connectivity index (χ2n) is 5.56. The SMILES string of the molecule is COc1ccc(CCNC(=O)C2(CN)CCOCC2)c(Cl)c1.Cl. The maximum atomic E-state index is 12.4. The summed E-state index contributed by atoms with van der Waals surface area (Å²) in [7, 11) is 1.60. The maximum absolute atomic E-state index is 12.4. The summed E-state index contributed by atoms with van der Waals surface area (Å²) in [6.07, 6.45) is 2.03. The van der Waals surface area contributed by atoms with E-state index in [9.17, 15) is 4.79 Å². The molecule has 0 bridgehead atoms. The molecule has 1 saturated heterocycles. The number of nitrogens with two attached hydrogens (primary N) is 1. The van der Waals surface area contributed by atoms with Gasteiger partial charge in [0, 0.05) is 31.3 Å². The molecule has 23 heavy (non-hydrogen) atoms. The molecule has 5 nitrogen and oxygen atoms in total. The molecular weight excluding hydrogens is 339 g/mol. The summed E-state index contributed by atoms with van der Waals surface area (Å²) in [5.74, 6) is 0.741. The van der Waals surface area contributed by atoms with Gasteiger partial charge in [0.05, 0.1) is 12.5 Å². The van der Waals surface area contributed by atoms with Crippen LogP contribution in [0.1, 0.15) is 18.4 Å². The molecule has 130 valence electrons. The van der Waals surface area contributed by atoms with Crippen LogP contribution >= 0.6 is 24.0 Å². The molecule has 1 aliphatic rings. The van der Waals surface area contributed by atoms with Crippen molar-refractivity contribution in [2.24, 2.45) is 11.1 Å². The lowest BCUT2D eigenvalue weighted by Gasteiger charge is -2.34. The van der Waals surface area contributed by atoms with E-state index in [1.165, 1.54) is 0 Å². The number of carbonyl (C=O) groups excluding carboxylic acids is 1. The number of halogens is 2. The van der Waals surface area contributed by atoms with Gasteiger partial charge in [-0.25, -0.2) is 0 Å². The molecule has 0 saturated carbocycles. The molecule has 1 amide bonds. The molecule has 7 heteroatoms. The van der Waals surface area contributed by atoms with E-state index in [2.05, 4.69) is 5.32 Å². The zero-order valence-corrected chi connectivity index (χ0v) is 14.8. The molecule has 2 rings (SSSR count). The van der Waals surface area contributed by atoms with Gasteiger partial charge in [-0.1, -0.05) is 17.7 Å². The van der Waals surface area contributed by atoms with E-state index in [1.807, 2.05) is 12.1 Å². The standard InChI is InChI=1S/C16H23ClN2O3.ClH/c1-21-13-3-2-12(14(17)10-13)4-7-19-15(20)16(11-18)5-8-22-9-6-16;/h2-3,10H,4-9,11,18H2,1H3,(H,19,20);1H. The molecule has 1 aliphatic heterocycles. The number of rotatable bonds is 6. The fourth-order valence-electron chi connectivity index (χ4n) is 2.64. The number of ether oxygens (including phenoxy) is 2. The van der Waals surface area contributed by atoms with Crippen molar-refractivity contribution in [2.45, 2.75) is 19.3 Å². The van der Waals surface area contributed by atoms with Crippen LogP contribution in [0.25, 0.3) is 0 Å². The lowest BCUT2D eigenvalue weighted by atomic mass is 9.79. The van der Waals surface area contributed by atoms with E-state index in [-0.39, 0.29) is 18.3 Å². The number of hydrogen-bond acceptors (Lipinski definition) is 4. The summed E-state index contributed by atoms with van der Waals surface area (Å²) >= 11 is 6.20. The number of methoxy groups -OCH3 is 1. The average molecular weight is 363 g/mol. The predicted molar refractivity (Wildman–Crippen MR) is 93.5 cm³/mol. The van der Waals surface area contributed by atoms with Crippen molar-refractivity contribution in [2.75, 3.05) is 33.4 Å². The fraction of sp³-hybridized carbons (Fsp3) is 0.562. The Balaban J connectivity index is 0.00000264. The molecule has 0 aromatic heterocycles. The van der Waals surface area contributed by atoms with Crippen LogP contribution in [0, 0.1) is 5.41 Å². The molecule has 0 spiro atoms. The van der Waals surface area contributed by atoms with E-state index < -0.39 is 5.41 Å². The first-order valence-electron chi connectivity index (χ1n) is 7.50. The van der Waals surface area contributed by atoms with Crippen LogP contribution in [0.2, 0.25) is 5.02 Å². The van der Waals surface area contributed by atoms with Crippen LogP contribution in [0.15, 0.2) is 18.2 Å². The summed E-state index contributed by atoms with van der Waals surface area (Å²) in [5, 5.41) is 3.63. The van der Waals surface area contributed by atoms with E-state index in [4.69, 9.17) is 26.8 Å². The molecule has 1 aromatic carbocycles. The first-order chi connectivity index (χ1) is 10.6. The molecule has 1 heterocycles. The van der Waals surface area contributed by atoms with Crippen molar-refractivity contribution in [3.8, 4) is 5.75 Å². The van der Waals surface area contributed by atoms with Gasteiger partial charge in [0.15, 0.2) is 0 Å². The molecule has 1 aromatic rings. The number of benzene rings is 1. The minimum atomic E-state index is -0.484. The molecule has 0 radical (unpaired) electrons. The van der Waals surface area contributed by atoms with Crippen LogP contribution in [0.5, 0.6) is 5.75 Å². The van der Waals surface area contributed by atoms with Gasteiger partial charge in [-0.05, 0) is 37.0 Å². The Bertz CT molecular complexity index is 520. The molecule has 0 unspecified atom stereocenters. The zero-order chi connectivity index (χ0) is 16.0. The molecule has 0 aliphatic carbocycles. The topological polar surface area (TPSA) is 73.6 Å². The van der Waals surface area contributed by atoms with Gasteiger partial charge in [0.25, 0.3) is 0 Å². The largest absolute Gasteiger partial charge is 0.497 e. The second-order valence-corrected chi connectivity index (χ2v) is 5.97. The second kappa shape index (κ2) is 9.33. The highest BCUT2D eigenvalue weighted by Gasteiger charge is 2.38. The smallest absolute Gasteiger partial charge is 0.227 e. The summed E-state index contributed by atoms with van der Waals surface area (Å²) in [5.41, 5.74) is 6.33. The molecular formula is C16H24Cl2N2O3.